The second kappa shape index (κ2) is 2.57. The van der Waals surface area contributed by atoms with Crippen LogP contribution >= 0.6 is 0 Å². The fourth-order valence-electron chi connectivity index (χ4n) is 1.54. The first-order valence-electron chi connectivity index (χ1n) is 4.01. The molecule has 1 aliphatic heterocycles. The van der Waals surface area contributed by atoms with E-state index in [1.807, 2.05) is 0 Å². The fraction of sp³-hybridized carbons (Fsp3) is 0.300. The Morgan fingerprint density at radius 1 is 1.27 bits per heavy atom. The molecule has 1 radical (unpaired) electrons. The van der Waals surface area contributed by atoms with E-state index in [0.717, 1.165) is 6.54 Å². The van der Waals surface area contributed by atoms with Gasteiger partial charge in [-0.15, -0.1) is 0 Å². The normalized spacial score (nSPS) is 16.3. The van der Waals surface area contributed by atoms with Gasteiger partial charge in [-0.1, -0.05) is 18.2 Å². The standard InChI is InChI=1S/C10H12N/c1-11-8-4-6-9-5-2-3-7-10(9)11/h2-3,5-7H,4,8H2,1H3. The molecule has 0 atom stereocenters. The largest absolute Gasteiger partial charge is 0.374 e. The number of nitrogens with zero attached hydrogens (tertiary/aromatic N) is 1. The minimum absolute atomic E-state index is 1.15. The topological polar surface area (TPSA) is 3.24 Å². The molecule has 0 N–H and O–H groups in total. The molecule has 0 unspecified atom stereocenters. The average molecular weight is 146 g/mol. The Balaban J connectivity index is 2.44. The second-order valence-electron chi connectivity index (χ2n) is 2.97. The summed E-state index contributed by atoms with van der Waals surface area (Å²) in [5.41, 5.74) is 2.74. The zero-order chi connectivity index (χ0) is 7.68. The summed E-state index contributed by atoms with van der Waals surface area (Å²) in [7, 11) is 2.14. The summed E-state index contributed by atoms with van der Waals surface area (Å²) in [4.78, 5) is 2.30. The highest BCUT2D eigenvalue weighted by atomic mass is 15.1. The van der Waals surface area contributed by atoms with Crippen molar-refractivity contribution in [1.82, 2.24) is 0 Å². The fourth-order valence-corrected chi connectivity index (χ4v) is 1.54. The van der Waals surface area contributed by atoms with Crippen LogP contribution in [0, 0.1) is 6.42 Å². The first-order valence-corrected chi connectivity index (χ1v) is 4.01. The lowest BCUT2D eigenvalue weighted by molar-refractivity contribution is 0.837. The molecule has 0 spiro atoms. The van der Waals surface area contributed by atoms with E-state index in [-0.39, 0.29) is 0 Å². The molecular weight excluding hydrogens is 134 g/mol. The van der Waals surface area contributed by atoms with E-state index in [2.05, 4.69) is 42.6 Å². The Bertz CT molecular complexity index is 255. The Kier molecular flexibility index (Phi) is 1.57. The third kappa shape index (κ3) is 1.11. The summed E-state index contributed by atoms with van der Waals surface area (Å²) in [5, 5.41) is 0. The third-order valence-electron chi connectivity index (χ3n) is 2.18. The van der Waals surface area contributed by atoms with Crippen molar-refractivity contribution >= 4 is 5.69 Å². The molecule has 0 bridgehead atoms. The van der Waals surface area contributed by atoms with Gasteiger partial charge in [0.2, 0.25) is 0 Å². The lowest BCUT2D eigenvalue weighted by atomic mass is 10.0. The van der Waals surface area contributed by atoms with Gasteiger partial charge in [-0.3, -0.25) is 0 Å². The lowest BCUT2D eigenvalue weighted by Crippen LogP contribution is -2.23. The monoisotopic (exact) mass is 146 g/mol. The maximum Gasteiger partial charge on any atom is 0.0399 e. The minimum atomic E-state index is 1.15. The number of fused-ring (bicyclic) bond motifs is 1. The Hall–Kier alpha value is -0.980. The van der Waals surface area contributed by atoms with Gasteiger partial charge in [0, 0.05) is 19.3 Å². The van der Waals surface area contributed by atoms with Crippen LogP contribution in [0.15, 0.2) is 24.3 Å². The quantitative estimate of drug-likeness (QED) is 0.541. The van der Waals surface area contributed by atoms with E-state index >= 15 is 0 Å². The molecule has 1 heterocycles. The van der Waals surface area contributed by atoms with E-state index in [1.54, 1.807) is 0 Å². The molecule has 0 fully saturated rings. The molecule has 0 aromatic heterocycles. The maximum atomic E-state index is 2.30. The highest BCUT2D eigenvalue weighted by Gasteiger charge is 2.11. The van der Waals surface area contributed by atoms with E-state index in [0.29, 0.717) is 0 Å². The van der Waals surface area contributed by atoms with Gasteiger partial charge in [0.25, 0.3) is 0 Å². The summed E-state index contributed by atoms with van der Waals surface area (Å²) in [5.74, 6) is 0. The second-order valence-corrected chi connectivity index (χ2v) is 2.97. The Morgan fingerprint density at radius 2 is 2.09 bits per heavy atom. The van der Waals surface area contributed by atoms with Crippen molar-refractivity contribution in [3.05, 3.63) is 36.2 Å². The molecule has 11 heavy (non-hydrogen) atoms. The zero-order valence-corrected chi connectivity index (χ0v) is 6.75. The van der Waals surface area contributed by atoms with E-state index in [1.165, 1.54) is 17.7 Å². The van der Waals surface area contributed by atoms with E-state index in [4.69, 9.17) is 0 Å². The van der Waals surface area contributed by atoms with Crippen LogP contribution in [0.25, 0.3) is 0 Å². The van der Waals surface area contributed by atoms with Crippen molar-refractivity contribution in [1.29, 1.82) is 0 Å². The van der Waals surface area contributed by atoms with Crippen LogP contribution in [0.4, 0.5) is 5.69 Å². The summed E-state index contributed by atoms with van der Waals surface area (Å²) >= 11 is 0. The van der Waals surface area contributed by atoms with Crippen molar-refractivity contribution in [3.8, 4) is 0 Å². The molecule has 1 aliphatic rings. The number of hydrogen-bond acceptors (Lipinski definition) is 1. The van der Waals surface area contributed by atoms with Crippen molar-refractivity contribution in [2.45, 2.75) is 6.42 Å². The average Bonchev–Trinajstić information content (AvgIpc) is 2.06. The Labute approximate surface area is 67.6 Å². The van der Waals surface area contributed by atoms with Gasteiger partial charge < -0.3 is 4.90 Å². The first-order chi connectivity index (χ1) is 5.38. The minimum Gasteiger partial charge on any atom is -0.374 e. The number of para-hydroxylation sites is 1. The van der Waals surface area contributed by atoms with Gasteiger partial charge in [0.15, 0.2) is 0 Å². The smallest absolute Gasteiger partial charge is 0.0399 e. The van der Waals surface area contributed by atoms with Crippen LogP contribution in [-0.2, 0) is 0 Å². The zero-order valence-electron chi connectivity index (χ0n) is 6.75. The van der Waals surface area contributed by atoms with Crippen LogP contribution in [0.2, 0.25) is 0 Å². The molecule has 0 aliphatic carbocycles. The van der Waals surface area contributed by atoms with Gasteiger partial charge in [-0.2, -0.15) is 0 Å². The lowest BCUT2D eigenvalue weighted by Gasteiger charge is -2.26. The molecule has 2 rings (SSSR count). The van der Waals surface area contributed by atoms with Crippen LogP contribution in [0.1, 0.15) is 12.0 Å². The SMILES string of the molecule is CN1CC[CH]c2ccccc21. The van der Waals surface area contributed by atoms with Crippen LogP contribution in [0.5, 0.6) is 0 Å². The van der Waals surface area contributed by atoms with Crippen LogP contribution in [0.3, 0.4) is 0 Å². The van der Waals surface area contributed by atoms with Crippen molar-refractivity contribution in [2.75, 3.05) is 18.5 Å². The number of benzene rings is 1. The number of hydrogen-bond donors (Lipinski definition) is 0. The Morgan fingerprint density at radius 3 is 2.91 bits per heavy atom. The van der Waals surface area contributed by atoms with Gasteiger partial charge in [0.1, 0.15) is 0 Å². The van der Waals surface area contributed by atoms with Crippen molar-refractivity contribution in [3.63, 3.8) is 0 Å². The van der Waals surface area contributed by atoms with Gasteiger partial charge in [-0.05, 0) is 24.5 Å². The molecule has 0 saturated heterocycles. The maximum absolute atomic E-state index is 2.30. The summed E-state index contributed by atoms with van der Waals surface area (Å²) < 4.78 is 0. The van der Waals surface area contributed by atoms with Crippen LogP contribution in [-0.4, -0.2) is 13.6 Å². The summed E-state index contributed by atoms with van der Waals surface area (Å²) in [6, 6.07) is 8.53. The predicted molar refractivity (Wildman–Crippen MR) is 47.7 cm³/mol. The molecule has 1 heteroatoms. The number of anilines is 1. The molecule has 1 aromatic carbocycles. The van der Waals surface area contributed by atoms with Crippen molar-refractivity contribution in [2.24, 2.45) is 0 Å². The van der Waals surface area contributed by atoms with Crippen molar-refractivity contribution < 1.29 is 0 Å². The van der Waals surface area contributed by atoms with E-state index in [9.17, 15) is 0 Å². The third-order valence-corrected chi connectivity index (χ3v) is 2.18. The molecule has 57 valence electrons. The molecular formula is C10H12N. The summed E-state index contributed by atoms with van der Waals surface area (Å²) in [6.45, 7) is 1.15. The highest BCUT2D eigenvalue weighted by Crippen LogP contribution is 2.25. The first kappa shape index (κ1) is 6.71. The van der Waals surface area contributed by atoms with Crippen LogP contribution < -0.4 is 4.90 Å². The van der Waals surface area contributed by atoms with E-state index < -0.39 is 0 Å². The molecule has 1 aromatic rings. The molecule has 0 amide bonds. The summed E-state index contributed by atoms with van der Waals surface area (Å²) in [6.07, 6.45) is 3.48. The molecule has 0 saturated carbocycles. The predicted octanol–water partition coefficient (Wildman–Crippen LogP) is 2.08. The molecule has 1 nitrogen and oxygen atoms in total. The van der Waals surface area contributed by atoms with Gasteiger partial charge >= 0.3 is 0 Å². The van der Waals surface area contributed by atoms with Gasteiger partial charge in [0.05, 0.1) is 0 Å². The highest BCUT2D eigenvalue weighted by molar-refractivity contribution is 5.58. The van der Waals surface area contributed by atoms with Gasteiger partial charge in [-0.25, -0.2) is 0 Å². The number of rotatable bonds is 0.